The highest BCUT2D eigenvalue weighted by Crippen LogP contribution is 2.46. The van der Waals surface area contributed by atoms with E-state index in [0.717, 1.165) is 12.5 Å². The minimum absolute atomic E-state index is 0.0525. The number of amides is 3. The van der Waals surface area contributed by atoms with Crippen LogP contribution in [0.3, 0.4) is 0 Å². The molecule has 0 aromatic heterocycles. The zero-order valence-corrected chi connectivity index (χ0v) is 20.5. The maximum Gasteiger partial charge on any atom is 0.326 e. The molecule has 34 heavy (non-hydrogen) atoms. The Morgan fingerprint density at radius 1 is 1.15 bits per heavy atom. The molecule has 1 aliphatic carbocycles. The number of imide groups is 1. The molecule has 3 fully saturated rings. The first-order chi connectivity index (χ1) is 15.8. The number of rotatable bonds is 5. The Morgan fingerprint density at radius 2 is 1.82 bits per heavy atom. The molecule has 1 N–H and O–H groups in total. The Hall–Kier alpha value is -2.57. The minimum atomic E-state index is -3.89. The number of piperazine rings is 1. The van der Waals surface area contributed by atoms with E-state index in [1.807, 2.05) is 4.90 Å². The molecule has 2 heterocycles. The number of carbonyl (C=O) groups is 2. The van der Waals surface area contributed by atoms with Gasteiger partial charge in [0.1, 0.15) is 5.54 Å². The number of carbonyl (C=O) groups excluding carboxylic acids is 2. The molecule has 186 valence electrons. The largest absolute Gasteiger partial charge is 0.326 e. The van der Waals surface area contributed by atoms with Crippen LogP contribution in [0.15, 0.2) is 29.2 Å². The van der Waals surface area contributed by atoms with E-state index in [9.17, 15) is 28.1 Å². The Bertz CT molecular complexity index is 1110. The maximum absolute atomic E-state index is 13.3. The number of benzene rings is 1. The number of nitro groups is 1. The summed E-state index contributed by atoms with van der Waals surface area (Å²) in [5.41, 5.74) is -1.21. The molecule has 1 aromatic rings. The Kier molecular flexibility index (Phi) is 6.19. The molecule has 1 aromatic carbocycles. The van der Waals surface area contributed by atoms with Gasteiger partial charge in [-0.05, 0) is 36.7 Å². The molecule has 0 unspecified atom stereocenters. The molecule has 4 rings (SSSR count). The van der Waals surface area contributed by atoms with Crippen molar-refractivity contribution < 1.29 is 22.9 Å². The van der Waals surface area contributed by atoms with Crippen LogP contribution < -0.4 is 5.32 Å². The summed E-state index contributed by atoms with van der Waals surface area (Å²) in [6, 6.07) is 4.59. The van der Waals surface area contributed by atoms with Gasteiger partial charge in [0.05, 0.1) is 16.5 Å². The quantitative estimate of drug-likeness (QED) is 0.377. The predicted molar refractivity (Wildman–Crippen MR) is 123 cm³/mol. The maximum atomic E-state index is 13.3. The molecule has 2 atom stereocenters. The summed E-state index contributed by atoms with van der Waals surface area (Å²) < 4.78 is 27.2. The molecule has 3 amide bonds. The summed E-state index contributed by atoms with van der Waals surface area (Å²) in [6.07, 6.45) is 2.21. The molecule has 3 aliphatic rings. The van der Waals surface area contributed by atoms with E-state index < -0.39 is 26.5 Å². The third-order valence-corrected chi connectivity index (χ3v) is 8.86. The third-order valence-electron chi connectivity index (χ3n) is 6.96. The van der Waals surface area contributed by atoms with Crippen LogP contribution in [0.1, 0.15) is 40.0 Å². The highest BCUT2D eigenvalue weighted by Gasteiger charge is 2.56. The van der Waals surface area contributed by atoms with Gasteiger partial charge in [-0.3, -0.25) is 19.8 Å². The molecule has 1 spiro atoms. The molecular formula is C22H31N5O6S. The lowest BCUT2D eigenvalue weighted by molar-refractivity contribution is -0.385. The Morgan fingerprint density at radius 3 is 2.44 bits per heavy atom. The molecule has 2 aliphatic heterocycles. The molecule has 0 radical (unpaired) electrons. The Balaban J connectivity index is 1.41. The third kappa shape index (κ3) is 4.53. The summed E-state index contributed by atoms with van der Waals surface area (Å²) in [4.78, 5) is 39.5. The molecule has 0 bridgehead atoms. The lowest BCUT2D eigenvalue weighted by atomic mass is 9.64. The van der Waals surface area contributed by atoms with Crippen LogP contribution in [0.5, 0.6) is 0 Å². The van der Waals surface area contributed by atoms with Crippen molar-refractivity contribution in [2.24, 2.45) is 11.3 Å². The fraction of sp³-hybridized carbons (Fsp3) is 0.636. The number of sulfonamides is 1. The van der Waals surface area contributed by atoms with Crippen molar-refractivity contribution >= 4 is 27.6 Å². The summed E-state index contributed by atoms with van der Waals surface area (Å²) in [5, 5.41) is 14.0. The first kappa shape index (κ1) is 24.6. The van der Waals surface area contributed by atoms with E-state index >= 15 is 0 Å². The zero-order valence-electron chi connectivity index (χ0n) is 19.7. The van der Waals surface area contributed by atoms with Crippen molar-refractivity contribution in [3.63, 3.8) is 0 Å². The predicted octanol–water partition coefficient (Wildman–Crippen LogP) is 2.00. The van der Waals surface area contributed by atoms with E-state index in [4.69, 9.17) is 0 Å². The van der Waals surface area contributed by atoms with E-state index in [-0.39, 0.29) is 41.7 Å². The molecule has 12 heteroatoms. The van der Waals surface area contributed by atoms with Crippen molar-refractivity contribution in [2.45, 2.75) is 50.5 Å². The topological polar surface area (TPSA) is 133 Å². The molecule has 11 nitrogen and oxygen atoms in total. The van der Waals surface area contributed by atoms with E-state index in [2.05, 4.69) is 26.1 Å². The average molecular weight is 494 g/mol. The Labute approximate surface area is 199 Å². The van der Waals surface area contributed by atoms with Crippen molar-refractivity contribution in [3.8, 4) is 0 Å². The van der Waals surface area contributed by atoms with Crippen LogP contribution in [-0.2, 0) is 14.8 Å². The highest BCUT2D eigenvalue weighted by molar-refractivity contribution is 7.89. The van der Waals surface area contributed by atoms with E-state index in [1.165, 1.54) is 27.4 Å². The smallest absolute Gasteiger partial charge is 0.323 e. The van der Waals surface area contributed by atoms with Gasteiger partial charge in [0.25, 0.3) is 11.6 Å². The average Bonchev–Trinajstić information content (AvgIpc) is 2.96. The second kappa shape index (κ2) is 8.58. The lowest BCUT2D eigenvalue weighted by Gasteiger charge is -2.44. The number of nitro benzene ring substituents is 1. The van der Waals surface area contributed by atoms with Gasteiger partial charge in [0.2, 0.25) is 10.0 Å². The minimum Gasteiger partial charge on any atom is -0.323 e. The van der Waals surface area contributed by atoms with Crippen molar-refractivity contribution in [1.29, 1.82) is 0 Å². The standard InChI is InChI=1S/C22H31N5O6S/c1-16-12-21(2,3)14-22(13-16)19(28)26(20(29)23-22)15-24-7-9-25(10-8-24)34(32,33)18-6-4-5-17(11-18)27(30)31/h4-6,11,16H,7-10,12-15H2,1-3H3,(H,23,29)/t16-,22-/m0/s1. The summed E-state index contributed by atoms with van der Waals surface area (Å²) in [7, 11) is -3.89. The second-order valence-corrected chi connectivity index (χ2v) is 12.5. The number of hydrogen-bond acceptors (Lipinski definition) is 7. The van der Waals surface area contributed by atoms with Crippen molar-refractivity contribution in [3.05, 3.63) is 34.4 Å². The summed E-state index contributed by atoms with van der Waals surface area (Å²) >= 11 is 0. The van der Waals surface area contributed by atoms with Gasteiger partial charge in [-0.1, -0.05) is 26.8 Å². The van der Waals surface area contributed by atoms with Gasteiger partial charge in [0.15, 0.2) is 0 Å². The van der Waals surface area contributed by atoms with Gasteiger partial charge < -0.3 is 5.32 Å². The van der Waals surface area contributed by atoms with E-state index in [1.54, 1.807) is 0 Å². The fourth-order valence-electron chi connectivity index (χ4n) is 5.85. The number of nitrogens with one attached hydrogen (secondary N) is 1. The van der Waals surface area contributed by atoms with Crippen molar-refractivity contribution in [2.75, 3.05) is 32.8 Å². The van der Waals surface area contributed by atoms with Crippen LogP contribution in [0.4, 0.5) is 10.5 Å². The first-order valence-electron chi connectivity index (χ1n) is 11.4. The first-order valence-corrected chi connectivity index (χ1v) is 12.9. The van der Waals surface area contributed by atoms with Gasteiger partial charge in [-0.25, -0.2) is 18.1 Å². The number of urea groups is 1. The second-order valence-electron chi connectivity index (χ2n) is 10.5. The van der Waals surface area contributed by atoms with Gasteiger partial charge in [-0.15, -0.1) is 0 Å². The van der Waals surface area contributed by atoms with Crippen LogP contribution >= 0.6 is 0 Å². The zero-order chi connectivity index (χ0) is 24.9. The van der Waals surface area contributed by atoms with Gasteiger partial charge >= 0.3 is 6.03 Å². The van der Waals surface area contributed by atoms with Gasteiger partial charge in [-0.2, -0.15) is 4.31 Å². The molecule has 1 saturated carbocycles. The van der Waals surface area contributed by atoms with Crippen LogP contribution in [0, 0.1) is 21.4 Å². The van der Waals surface area contributed by atoms with E-state index in [0.29, 0.717) is 31.8 Å². The normalized spacial score (nSPS) is 28.3. The SMILES string of the molecule is C[C@H]1CC(C)(C)C[C@]2(C1)NC(=O)N(CN1CCN(S(=O)(=O)c3cccc([N+](=O)[O-])c3)CC1)C2=O. The van der Waals surface area contributed by atoms with Crippen molar-refractivity contribution in [1.82, 2.24) is 19.4 Å². The van der Waals surface area contributed by atoms with Gasteiger partial charge in [0, 0.05) is 38.3 Å². The molecular weight excluding hydrogens is 462 g/mol. The fourth-order valence-corrected chi connectivity index (χ4v) is 7.31. The number of non-ortho nitro benzene ring substituents is 1. The highest BCUT2D eigenvalue weighted by atomic mass is 32.2. The monoisotopic (exact) mass is 493 g/mol. The van der Waals surface area contributed by atoms with Crippen LogP contribution in [0.25, 0.3) is 0 Å². The summed E-state index contributed by atoms with van der Waals surface area (Å²) in [6.45, 7) is 7.42. The summed E-state index contributed by atoms with van der Waals surface area (Å²) in [5.74, 6) is 0.110. The number of nitrogens with zero attached hydrogens (tertiary/aromatic N) is 4. The number of hydrogen-bond donors (Lipinski definition) is 1. The van der Waals surface area contributed by atoms with Crippen LogP contribution in [-0.4, -0.2) is 77.8 Å². The van der Waals surface area contributed by atoms with Crippen LogP contribution in [0.2, 0.25) is 0 Å². The lowest BCUT2D eigenvalue weighted by Crippen LogP contribution is -2.55. The molecule has 2 saturated heterocycles.